The van der Waals surface area contributed by atoms with Gasteiger partial charge in [0.25, 0.3) is 11.8 Å². The monoisotopic (exact) mass is 354 g/mol. The van der Waals surface area contributed by atoms with Crippen molar-refractivity contribution in [2.75, 3.05) is 10.2 Å². The van der Waals surface area contributed by atoms with E-state index in [1.807, 2.05) is 58.0 Å². The molecular formula is C20H19ClN2O2. The average molecular weight is 355 g/mol. The molecule has 25 heavy (non-hydrogen) atoms. The summed E-state index contributed by atoms with van der Waals surface area (Å²) < 4.78 is 0. The highest BCUT2D eigenvalue weighted by molar-refractivity contribution is 6.53. The number of carbonyl (C=O) groups excluding carboxylic acids is 2. The van der Waals surface area contributed by atoms with Crippen LogP contribution in [0.1, 0.15) is 22.3 Å². The number of nitrogens with zero attached hydrogens (tertiary/aromatic N) is 1. The van der Waals surface area contributed by atoms with E-state index >= 15 is 0 Å². The highest BCUT2D eigenvalue weighted by Crippen LogP contribution is 2.33. The van der Waals surface area contributed by atoms with E-state index in [0.717, 1.165) is 32.8 Å². The molecule has 1 aliphatic rings. The number of imide groups is 1. The first-order chi connectivity index (χ1) is 11.8. The molecule has 0 radical (unpaired) electrons. The summed E-state index contributed by atoms with van der Waals surface area (Å²) in [6, 6.07) is 11.2. The number of amides is 2. The van der Waals surface area contributed by atoms with Gasteiger partial charge in [-0.3, -0.25) is 9.59 Å². The zero-order valence-corrected chi connectivity index (χ0v) is 15.4. The Morgan fingerprint density at radius 1 is 0.880 bits per heavy atom. The fraction of sp³-hybridized carbons (Fsp3) is 0.200. The molecule has 128 valence electrons. The summed E-state index contributed by atoms with van der Waals surface area (Å²) in [6.45, 7) is 7.82. The van der Waals surface area contributed by atoms with Crippen LogP contribution in [0.25, 0.3) is 0 Å². The van der Waals surface area contributed by atoms with E-state index in [-0.39, 0.29) is 10.7 Å². The van der Waals surface area contributed by atoms with Crippen LogP contribution < -0.4 is 10.2 Å². The van der Waals surface area contributed by atoms with Gasteiger partial charge in [0.2, 0.25) is 0 Å². The molecule has 0 spiro atoms. The van der Waals surface area contributed by atoms with Crippen molar-refractivity contribution in [1.82, 2.24) is 0 Å². The summed E-state index contributed by atoms with van der Waals surface area (Å²) in [6.07, 6.45) is 0. The lowest BCUT2D eigenvalue weighted by molar-refractivity contribution is -0.120. The Kier molecular flexibility index (Phi) is 4.39. The van der Waals surface area contributed by atoms with Gasteiger partial charge in [-0.1, -0.05) is 29.8 Å². The Balaban J connectivity index is 1.96. The lowest BCUT2D eigenvalue weighted by atomic mass is 10.1. The van der Waals surface area contributed by atoms with E-state index in [9.17, 15) is 9.59 Å². The van der Waals surface area contributed by atoms with Gasteiger partial charge in [0, 0.05) is 5.69 Å². The van der Waals surface area contributed by atoms with Crippen molar-refractivity contribution in [3.63, 3.8) is 0 Å². The number of halogens is 1. The molecule has 2 aromatic rings. The smallest absolute Gasteiger partial charge is 0.283 e. The van der Waals surface area contributed by atoms with Gasteiger partial charge >= 0.3 is 0 Å². The second-order valence-electron chi connectivity index (χ2n) is 6.28. The number of hydrogen-bond acceptors (Lipinski definition) is 3. The summed E-state index contributed by atoms with van der Waals surface area (Å²) >= 11 is 6.19. The average Bonchev–Trinajstić information content (AvgIpc) is 2.78. The third kappa shape index (κ3) is 2.94. The van der Waals surface area contributed by atoms with Gasteiger partial charge < -0.3 is 5.32 Å². The second kappa shape index (κ2) is 6.37. The van der Waals surface area contributed by atoms with Gasteiger partial charge in [0.05, 0.1) is 5.69 Å². The van der Waals surface area contributed by atoms with Gasteiger partial charge in [0.15, 0.2) is 0 Å². The van der Waals surface area contributed by atoms with E-state index in [4.69, 9.17) is 11.6 Å². The Morgan fingerprint density at radius 2 is 1.60 bits per heavy atom. The van der Waals surface area contributed by atoms with Crippen LogP contribution in [0.2, 0.25) is 0 Å². The molecule has 2 aromatic carbocycles. The van der Waals surface area contributed by atoms with Crippen molar-refractivity contribution < 1.29 is 9.59 Å². The first kappa shape index (κ1) is 17.2. The van der Waals surface area contributed by atoms with Gasteiger partial charge in [-0.05, 0) is 68.1 Å². The molecule has 0 fully saturated rings. The van der Waals surface area contributed by atoms with E-state index in [1.165, 1.54) is 0 Å². The molecule has 0 atom stereocenters. The highest BCUT2D eigenvalue weighted by Gasteiger charge is 2.39. The molecule has 0 saturated carbocycles. The molecule has 3 rings (SSSR count). The summed E-state index contributed by atoms with van der Waals surface area (Å²) in [4.78, 5) is 26.6. The van der Waals surface area contributed by atoms with Crippen LogP contribution in [0, 0.1) is 27.7 Å². The van der Waals surface area contributed by atoms with Gasteiger partial charge in [0.1, 0.15) is 10.7 Å². The van der Waals surface area contributed by atoms with Crippen LogP contribution in [0.4, 0.5) is 11.4 Å². The maximum absolute atomic E-state index is 12.8. The largest absolute Gasteiger partial charge is 0.350 e. The first-order valence-electron chi connectivity index (χ1n) is 8.00. The van der Waals surface area contributed by atoms with Crippen LogP contribution in [0.3, 0.4) is 0 Å². The Morgan fingerprint density at radius 3 is 2.28 bits per heavy atom. The van der Waals surface area contributed by atoms with Crippen molar-refractivity contribution in [3.05, 3.63) is 69.4 Å². The van der Waals surface area contributed by atoms with Crippen LogP contribution in [0.15, 0.2) is 47.1 Å². The Labute approximate surface area is 152 Å². The third-order valence-electron chi connectivity index (χ3n) is 4.62. The van der Waals surface area contributed by atoms with E-state index in [1.54, 1.807) is 6.07 Å². The topological polar surface area (TPSA) is 49.4 Å². The number of anilines is 2. The molecule has 1 aliphatic heterocycles. The highest BCUT2D eigenvalue weighted by atomic mass is 35.5. The fourth-order valence-corrected chi connectivity index (χ4v) is 2.98. The predicted molar refractivity (Wildman–Crippen MR) is 101 cm³/mol. The van der Waals surface area contributed by atoms with Gasteiger partial charge in [-0.2, -0.15) is 0 Å². The molecule has 0 bridgehead atoms. The van der Waals surface area contributed by atoms with Crippen molar-refractivity contribution in [2.45, 2.75) is 27.7 Å². The molecule has 0 aliphatic carbocycles. The first-order valence-corrected chi connectivity index (χ1v) is 8.38. The van der Waals surface area contributed by atoms with Crippen LogP contribution in [-0.4, -0.2) is 11.8 Å². The van der Waals surface area contributed by atoms with E-state index < -0.39 is 11.8 Å². The van der Waals surface area contributed by atoms with Gasteiger partial charge in [-0.25, -0.2) is 4.90 Å². The third-order valence-corrected chi connectivity index (χ3v) is 4.97. The summed E-state index contributed by atoms with van der Waals surface area (Å²) in [5.74, 6) is -0.950. The van der Waals surface area contributed by atoms with Crippen LogP contribution in [0.5, 0.6) is 0 Å². The number of aryl methyl sites for hydroxylation is 3. The summed E-state index contributed by atoms with van der Waals surface area (Å²) in [7, 11) is 0. The number of rotatable bonds is 3. The van der Waals surface area contributed by atoms with Crippen molar-refractivity contribution in [3.8, 4) is 0 Å². The molecule has 1 heterocycles. The van der Waals surface area contributed by atoms with Crippen LogP contribution >= 0.6 is 11.6 Å². The molecule has 0 unspecified atom stereocenters. The minimum absolute atomic E-state index is 0.0934. The lowest BCUT2D eigenvalue weighted by Gasteiger charge is -2.18. The molecule has 0 saturated heterocycles. The predicted octanol–water partition coefficient (Wildman–Crippen LogP) is 4.36. The van der Waals surface area contributed by atoms with E-state index in [0.29, 0.717) is 5.69 Å². The zero-order valence-electron chi connectivity index (χ0n) is 14.6. The Bertz CT molecular complexity index is 931. The fourth-order valence-electron chi connectivity index (χ4n) is 2.77. The molecule has 0 aromatic heterocycles. The summed E-state index contributed by atoms with van der Waals surface area (Å²) in [5, 5.41) is 2.91. The van der Waals surface area contributed by atoms with Crippen LogP contribution in [-0.2, 0) is 9.59 Å². The normalized spacial score (nSPS) is 14.5. The zero-order chi connectivity index (χ0) is 18.3. The molecule has 4 nitrogen and oxygen atoms in total. The second-order valence-corrected chi connectivity index (χ2v) is 6.66. The lowest BCUT2D eigenvalue weighted by Crippen LogP contribution is -2.33. The SMILES string of the molecule is Cc1ccc(NC2=C(Cl)C(=O)N(c3cccc(C)c3C)C2=O)cc1C. The number of hydrogen-bond donors (Lipinski definition) is 1. The minimum atomic E-state index is -0.508. The molecule has 5 heteroatoms. The van der Waals surface area contributed by atoms with Crippen molar-refractivity contribution >= 4 is 34.8 Å². The van der Waals surface area contributed by atoms with Gasteiger partial charge in [-0.15, -0.1) is 0 Å². The number of nitrogens with one attached hydrogen (secondary N) is 1. The number of carbonyl (C=O) groups is 2. The molecule has 1 N–H and O–H groups in total. The number of benzene rings is 2. The summed E-state index contributed by atoms with van der Waals surface area (Å²) in [5.41, 5.74) is 5.51. The van der Waals surface area contributed by atoms with Crippen molar-refractivity contribution in [2.24, 2.45) is 0 Å². The Hall–Kier alpha value is -2.59. The maximum atomic E-state index is 12.8. The molecule has 2 amide bonds. The minimum Gasteiger partial charge on any atom is -0.350 e. The van der Waals surface area contributed by atoms with Crippen molar-refractivity contribution in [1.29, 1.82) is 0 Å². The maximum Gasteiger partial charge on any atom is 0.283 e. The molecular weight excluding hydrogens is 336 g/mol. The van der Waals surface area contributed by atoms with E-state index in [2.05, 4.69) is 5.32 Å². The standard InChI is InChI=1S/C20H19ClN2O2/c1-11-8-9-15(10-13(11)3)22-18-17(21)19(24)23(20(18)25)16-7-5-6-12(2)14(16)4/h5-10,22H,1-4H3. The quantitative estimate of drug-likeness (QED) is 0.833.